The lowest BCUT2D eigenvalue weighted by Gasteiger charge is -2.30. The van der Waals surface area contributed by atoms with Crippen LogP contribution in [0.25, 0.3) is 10.9 Å². The van der Waals surface area contributed by atoms with Gasteiger partial charge in [-0.2, -0.15) is 11.8 Å². The molecule has 41 heavy (non-hydrogen) atoms. The van der Waals surface area contributed by atoms with Gasteiger partial charge in [0.15, 0.2) is 0 Å². The molecule has 0 bridgehead atoms. The summed E-state index contributed by atoms with van der Waals surface area (Å²) in [6.45, 7) is 0. The maximum absolute atomic E-state index is 13.4. The van der Waals surface area contributed by atoms with Crippen molar-refractivity contribution in [3.8, 4) is 0 Å². The molecule has 5 N–H and O–H groups in total. The third-order valence-electron chi connectivity index (χ3n) is 8.96. The maximum Gasteiger partial charge on any atom is 0.321 e. The highest BCUT2D eigenvalue weighted by Crippen LogP contribution is 2.38. The van der Waals surface area contributed by atoms with E-state index in [2.05, 4.69) is 20.9 Å². The Labute approximate surface area is 242 Å². The summed E-state index contributed by atoms with van der Waals surface area (Å²) in [5.41, 5.74) is 4.93. The summed E-state index contributed by atoms with van der Waals surface area (Å²) in [6, 6.07) is 15.8. The molecule has 3 aliphatic heterocycles. The molecule has 2 saturated heterocycles. The van der Waals surface area contributed by atoms with Gasteiger partial charge in [-0.3, -0.25) is 14.9 Å². The number of anilines is 1. The third-order valence-corrected chi connectivity index (χ3v) is 10.5. The number of nitrogens with zero attached hydrogens (tertiary/aromatic N) is 1. The van der Waals surface area contributed by atoms with Gasteiger partial charge in [0.05, 0.1) is 18.1 Å². The van der Waals surface area contributed by atoms with Gasteiger partial charge in [-0.05, 0) is 55.0 Å². The second-order valence-electron chi connectivity index (χ2n) is 11.7. The van der Waals surface area contributed by atoms with Gasteiger partial charge >= 0.3 is 12.0 Å². The van der Waals surface area contributed by atoms with E-state index >= 15 is 0 Å². The summed E-state index contributed by atoms with van der Waals surface area (Å²) >= 11 is 1.91. The number of carbonyl (C=O) groups excluding carboxylic acids is 2. The number of aliphatic carboxylic acids is 1. The minimum atomic E-state index is -0.857. The van der Waals surface area contributed by atoms with E-state index in [1.54, 1.807) is 0 Å². The predicted molar refractivity (Wildman–Crippen MR) is 159 cm³/mol. The Hall–Kier alpha value is -3.50. The number of carbonyl (C=O) groups is 3. The predicted octanol–water partition coefficient (Wildman–Crippen LogP) is 4.08. The van der Waals surface area contributed by atoms with Crippen molar-refractivity contribution in [1.82, 2.24) is 20.9 Å². The number of H-pyrrole nitrogens is 1. The van der Waals surface area contributed by atoms with Crippen molar-refractivity contribution in [2.75, 3.05) is 10.7 Å². The number of unbranched alkanes of at least 4 members (excludes halogenated alkanes) is 1. The first kappa shape index (κ1) is 26.4. The number of thioether (sulfide) groups is 1. The Morgan fingerprint density at radius 2 is 1.83 bits per heavy atom. The van der Waals surface area contributed by atoms with E-state index in [0.717, 1.165) is 71.3 Å². The van der Waals surface area contributed by atoms with Gasteiger partial charge < -0.3 is 25.6 Å². The number of aromatic amines is 1. The molecule has 0 radical (unpaired) electrons. The molecule has 5 atom stereocenters. The van der Waals surface area contributed by atoms with Crippen LogP contribution in [0.2, 0.25) is 0 Å². The van der Waals surface area contributed by atoms with Gasteiger partial charge in [0.2, 0.25) is 5.91 Å². The lowest BCUT2D eigenvalue weighted by Crippen LogP contribution is -2.45. The lowest BCUT2D eigenvalue weighted by atomic mass is 9.90. The van der Waals surface area contributed by atoms with Gasteiger partial charge in [-0.25, -0.2) is 4.79 Å². The van der Waals surface area contributed by atoms with Crippen LogP contribution in [0.1, 0.15) is 61.4 Å². The molecule has 0 spiro atoms. The summed E-state index contributed by atoms with van der Waals surface area (Å²) in [6.07, 6.45) is 5.78. The summed E-state index contributed by atoms with van der Waals surface area (Å²) < 4.78 is 0. The highest BCUT2D eigenvalue weighted by atomic mass is 32.2. The molecule has 3 amide bonds. The minimum absolute atomic E-state index is 0.0608. The van der Waals surface area contributed by atoms with Crippen LogP contribution in [0, 0.1) is 0 Å². The Morgan fingerprint density at radius 3 is 2.61 bits per heavy atom. The zero-order valence-electron chi connectivity index (χ0n) is 22.8. The molecule has 2 aromatic carbocycles. The van der Waals surface area contributed by atoms with Crippen molar-refractivity contribution in [3.63, 3.8) is 0 Å². The fourth-order valence-electron chi connectivity index (χ4n) is 6.76. The summed E-state index contributed by atoms with van der Waals surface area (Å²) in [5, 5.41) is 20.7. The second kappa shape index (κ2) is 10.7. The molecule has 4 heterocycles. The first-order chi connectivity index (χ1) is 20.0. The number of rotatable bonds is 9. The Morgan fingerprint density at radius 1 is 1.02 bits per heavy atom. The van der Waals surface area contributed by atoms with Crippen molar-refractivity contribution in [2.45, 2.75) is 80.4 Å². The monoisotopic (exact) mass is 573 g/mol. The van der Waals surface area contributed by atoms with Crippen molar-refractivity contribution >= 4 is 46.3 Å². The Kier molecular flexibility index (Phi) is 6.90. The van der Waals surface area contributed by atoms with E-state index in [1.807, 2.05) is 65.2 Å². The quantitative estimate of drug-likeness (QED) is 0.194. The van der Waals surface area contributed by atoms with E-state index in [9.17, 15) is 19.5 Å². The first-order valence-electron chi connectivity index (χ1n) is 14.7. The van der Waals surface area contributed by atoms with E-state index < -0.39 is 12.0 Å². The van der Waals surface area contributed by atoms with Crippen LogP contribution >= 0.6 is 11.8 Å². The number of urea groups is 1. The van der Waals surface area contributed by atoms with Crippen molar-refractivity contribution in [1.29, 1.82) is 0 Å². The molecular weight excluding hydrogens is 538 g/mol. The van der Waals surface area contributed by atoms with Crippen LogP contribution in [0.4, 0.5) is 10.5 Å². The van der Waals surface area contributed by atoms with E-state index in [1.165, 1.54) is 0 Å². The van der Waals surface area contributed by atoms with Crippen LogP contribution in [0.5, 0.6) is 0 Å². The number of carboxylic acids is 1. The number of nitrogens with one attached hydrogen (secondary N) is 4. The van der Waals surface area contributed by atoms with Crippen molar-refractivity contribution in [2.24, 2.45) is 0 Å². The zero-order valence-corrected chi connectivity index (χ0v) is 23.6. The molecule has 9 nitrogen and oxygen atoms in total. The first-order valence-corrected chi connectivity index (χ1v) is 15.7. The van der Waals surface area contributed by atoms with Crippen LogP contribution in [-0.2, 0) is 16.0 Å². The number of fused-ring (bicyclic) bond motifs is 4. The SMILES string of the molecule is O=C1N[C@H]2[C@H](CS[C@H]2CCCCC(=O)N(c2ccc([C@@H]3N[C@@H](C(=O)O)Cc4c3[nH]c3ccccc43)cc2)C2CC2)N1. The molecule has 4 aliphatic rings. The molecule has 7 rings (SSSR count). The van der Waals surface area contributed by atoms with Gasteiger partial charge in [0, 0.05) is 52.2 Å². The average Bonchev–Trinajstić information content (AvgIpc) is 3.47. The van der Waals surface area contributed by atoms with Crippen LogP contribution in [0.15, 0.2) is 48.5 Å². The van der Waals surface area contributed by atoms with Crippen LogP contribution in [-0.4, -0.2) is 63.2 Å². The van der Waals surface area contributed by atoms with E-state index in [0.29, 0.717) is 18.1 Å². The van der Waals surface area contributed by atoms with Gasteiger partial charge in [0.25, 0.3) is 0 Å². The van der Waals surface area contributed by atoms with Crippen molar-refractivity contribution in [3.05, 3.63) is 65.4 Å². The molecule has 10 heteroatoms. The fourth-order valence-corrected chi connectivity index (χ4v) is 8.30. The standard InChI is InChI=1S/C31H35N5O4S/c37-26(8-4-3-7-25-29-24(16-41-25)34-31(40)35-29)36(19-13-14-19)18-11-9-17(10-12-18)27-28-21(15-23(33-27)30(38)39)20-5-1-2-6-22(20)32-28/h1-2,5-6,9-12,19,23-25,27,29,32-33H,3-4,7-8,13-16H2,(H,38,39)(H2,34,35,40)/t23-,24+,25+,27+,29+/m1/s1. The molecular formula is C31H35N5O4S. The van der Waals surface area contributed by atoms with Gasteiger partial charge in [-0.1, -0.05) is 36.8 Å². The third kappa shape index (κ3) is 5.08. The second-order valence-corrected chi connectivity index (χ2v) is 13.0. The Balaban J connectivity index is 1.03. The molecule has 0 unspecified atom stereocenters. The lowest BCUT2D eigenvalue weighted by molar-refractivity contribution is -0.139. The molecule has 214 valence electrons. The molecule has 3 fully saturated rings. The fraction of sp³-hybridized carbons (Fsp3) is 0.452. The smallest absolute Gasteiger partial charge is 0.321 e. The molecule has 1 saturated carbocycles. The average molecular weight is 574 g/mol. The zero-order chi connectivity index (χ0) is 28.1. The number of para-hydroxylation sites is 1. The number of aromatic nitrogens is 1. The number of amides is 3. The summed E-state index contributed by atoms with van der Waals surface area (Å²) in [5.74, 6) is 0.254. The summed E-state index contributed by atoms with van der Waals surface area (Å²) in [7, 11) is 0. The molecule has 1 aromatic heterocycles. The normalized spacial score (nSPS) is 26.7. The molecule has 1 aliphatic carbocycles. The van der Waals surface area contributed by atoms with Gasteiger partial charge in [0.1, 0.15) is 6.04 Å². The number of hydrogen-bond acceptors (Lipinski definition) is 5. The topological polar surface area (TPSA) is 127 Å². The Bertz CT molecular complexity index is 1490. The highest BCUT2D eigenvalue weighted by molar-refractivity contribution is 8.00. The van der Waals surface area contributed by atoms with Crippen LogP contribution < -0.4 is 20.9 Å². The maximum atomic E-state index is 13.4. The molecule has 3 aromatic rings. The van der Waals surface area contributed by atoms with E-state index in [4.69, 9.17) is 0 Å². The highest BCUT2D eigenvalue weighted by Gasteiger charge is 2.42. The van der Waals surface area contributed by atoms with Gasteiger partial charge in [-0.15, -0.1) is 0 Å². The minimum Gasteiger partial charge on any atom is -0.480 e. The van der Waals surface area contributed by atoms with Crippen LogP contribution in [0.3, 0.4) is 0 Å². The number of benzene rings is 2. The summed E-state index contributed by atoms with van der Waals surface area (Å²) in [4.78, 5) is 42.5. The number of hydrogen-bond donors (Lipinski definition) is 5. The number of carboxylic acid groups (broad SMARTS) is 1. The van der Waals surface area contributed by atoms with Crippen molar-refractivity contribution < 1.29 is 19.5 Å². The largest absolute Gasteiger partial charge is 0.480 e. The van der Waals surface area contributed by atoms with E-state index in [-0.39, 0.29) is 36.1 Å².